The summed E-state index contributed by atoms with van der Waals surface area (Å²) in [6.45, 7) is 0.603. The van der Waals surface area contributed by atoms with E-state index in [1.165, 1.54) is 32.1 Å². The molecule has 2 rings (SSSR count). The molecular weight excluding hydrogens is 252 g/mol. The van der Waals surface area contributed by atoms with Gasteiger partial charge in [0, 0.05) is 6.04 Å². The summed E-state index contributed by atoms with van der Waals surface area (Å²) in [6, 6.07) is 4.50. The minimum Gasteiger partial charge on any atom is -0.468 e. The Balaban J connectivity index is 1.88. The van der Waals surface area contributed by atoms with E-state index in [2.05, 4.69) is 15.2 Å². The number of aliphatic imine (C=N–C) groups is 1. The summed E-state index contributed by atoms with van der Waals surface area (Å²) in [5.41, 5.74) is 6.00. The van der Waals surface area contributed by atoms with Crippen molar-refractivity contribution in [3.63, 3.8) is 0 Å². The van der Waals surface area contributed by atoms with E-state index in [-0.39, 0.29) is 6.04 Å². The quantitative estimate of drug-likeness (QED) is 0.639. The van der Waals surface area contributed by atoms with Gasteiger partial charge in [-0.15, -0.1) is 0 Å². The summed E-state index contributed by atoms with van der Waals surface area (Å²) in [7, 11) is 4.04. The second kappa shape index (κ2) is 7.33. The molecule has 1 saturated carbocycles. The van der Waals surface area contributed by atoms with Gasteiger partial charge < -0.3 is 15.5 Å². The van der Waals surface area contributed by atoms with Crippen molar-refractivity contribution in [3.8, 4) is 0 Å². The third-order valence-corrected chi connectivity index (χ3v) is 3.89. The van der Waals surface area contributed by atoms with E-state index in [1.54, 1.807) is 6.26 Å². The molecule has 0 aliphatic heterocycles. The predicted molar refractivity (Wildman–Crippen MR) is 81.6 cm³/mol. The van der Waals surface area contributed by atoms with Crippen LogP contribution in [0.1, 0.15) is 43.9 Å². The zero-order chi connectivity index (χ0) is 14.4. The van der Waals surface area contributed by atoms with Gasteiger partial charge in [0.25, 0.3) is 0 Å². The van der Waals surface area contributed by atoms with E-state index in [0.29, 0.717) is 18.5 Å². The third kappa shape index (κ3) is 4.27. The van der Waals surface area contributed by atoms with Gasteiger partial charge in [-0.25, -0.2) is 0 Å². The molecule has 20 heavy (non-hydrogen) atoms. The molecule has 1 aliphatic carbocycles. The van der Waals surface area contributed by atoms with Crippen molar-refractivity contribution in [3.05, 3.63) is 24.2 Å². The highest BCUT2D eigenvalue weighted by atomic mass is 16.3. The van der Waals surface area contributed by atoms with E-state index < -0.39 is 0 Å². The molecule has 1 aromatic heterocycles. The zero-order valence-electron chi connectivity index (χ0n) is 12.5. The summed E-state index contributed by atoms with van der Waals surface area (Å²) in [6.07, 6.45) is 8.02. The maximum Gasteiger partial charge on any atom is 0.188 e. The van der Waals surface area contributed by atoms with Gasteiger partial charge in [0.15, 0.2) is 5.96 Å². The van der Waals surface area contributed by atoms with Crippen molar-refractivity contribution in [2.24, 2.45) is 10.7 Å². The minimum atomic E-state index is 0.122. The molecule has 0 radical (unpaired) electrons. The maximum atomic E-state index is 6.00. The molecule has 3 N–H and O–H groups in total. The van der Waals surface area contributed by atoms with Gasteiger partial charge in [-0.1, -0.05) is 19.3 Å². The fraction of sp³-hybridized carbons (Fsp3) is 0.667. The molecular formula is C15H26N4O. The van der Waals surface area contributed by atoms with Gasteiger partial charge >= 0.3 is 0 Å². The second-order valence-electron chi connectivity index (χ2n) is 5.70. The lowest BCUT2D eigenvalue weighted by atomic mass is 9.96. The van der Waals surface area contributed by atoms with Gasteiger partial charge in [0.05, 0.1) is 18.8 Å². The number of nitrogens with two attached hydrogens (primary N) is 1. The zero-order valence-corrected chi connectivity index (χ0v) is 12.5. The first-order valence-electron chi connectivity index (χ1n) is 7.43. The largest absolute Gasteiger partial charge is 0.468 e. The van der Waals surface area contributed by atoms with Crippen LogP contribution in [0.15, 0.2) is 27.8 Å². The molecule has 1 unspecified atom stereocenters. The van der Waals surface area contributed by atoms with Gasteiger partial charge in [0.1, 0.15) is 5.76 Å². The molecule has 1 fully saturated rings. The molecule has 1 heterocycles. The maximum absolute atomic E-state index is 6.00. The average Bonchev–Trinajstić information content (AvgIpc) is 2.93. The number of furan rings is 1. The molecule has 0 aromatic carbocycles. The van der Waals surface area contributed by atoms with Crippen LogP contribution >= 0.6 is 0 Å². The number of guanidine groups is 1. The Morgan fingerprint density at radius 3 is 2.80 bits per heavy atom. The van der Waals surface area contributed by atoms with Gasteiger partial charge in [-0.2, -0.15) is 0 Å². The first-order valence-corrected chi connectivity index (χ1v) is 7.43. The number of nitrogens with one attached hydrogen (secondary N) is 1. The Labute approximate surface area is 121 Å². The van der Waals surface area contributed by atoms with Crippen LogP contribution < -0.4 is 11.1 Å². The van der Waals surface area contributed by atoms with Crippen LogP contribution in [-0.4, -0.2) is 37.5 Å². The van der Waals surface area contributed by atoms with E-state index in [1.807, 2.05) is 26.2 Å². The monoisotopic (exact) mass is 278 g/mol. The molecule has 5 heteroatoms. The van der Waals surface area contributed by atoms with Crippen LogP contribution in [0.4, 0.5) is 0 Å². The topological polar surface area (TPSA) is 66.8 Å². The van der Waals surface area contributed by atoms with Crippen molar-refractivity contribution in [2.45, 2.75) is 44.2 Å². The van der Waals surface area contributed by atoms with Crippen LogP contribution in [-0.2, 0) is 0 Å². The standard InChI is InChI=1S/C15H26N4O/c1-19(2)13(14-9-6-10-20-14)11-17-15(16)18-12-7-4-3-5-8-12/h6,9-10,12-13H,3-5,7-8,11H2,1-2H3,(H3,16,17,18). The van der Waals surface area contributed by atoms with Gasteiger partial charge in [-0.05, 0) is 39.1 Å². The first kappa shape index (κ1) is 14.9. The Hall–Kier alpha value is -1.49. The van der Waals surface area contributed by atoms with E-state index in [4.69, 9.17) is 10.2 Å². The number of likely N-dealkylation sites (N-methyl/N-ethyl adjacent to an activating group) is 1. The molecule has 1 atom stereocenters. The van der Waals surface area contributed by atoms with E-state index in [9.17, 15) is 0 Å². The Kier molecular flexibility index (Phi) is 5.47. The van der Waals surface area contributed by atoms with Crippen LogP contribution in [0.5, 0.6) is 0 Å². The summed E-state index contributed by atoms with van der Waals surface area (Å²) in [4.78, 5) is 6.57. The van der Waals surface area contributed by atoms with Crippen LogP contribution in [0.2, 0.25) is 0 Å². The summed E-state index contributed by atoms with van der Waals surface area (Å²) in [5, 5.41) is 3.34. The normalized spacial score (nSPS) is 19.2. The lowest BCUT2D eigenvalue weighted by molar-refractivity contribution is 0.265. The van der Waals surface area contributed by atoms with Crippen LogP contribution in [0, 0.1) is 0 Å². The lowest BCUT2D eigenvalue weighted by Crippen LogP contribution is -2.41. The van der Waals surface area contributed by atoms with Crippen LogP contribution in [0.25, 0.3) is 0 Å². The fourth-order valence-corrected chi connectivity index (χ4v) is 2.68. The summed E-state index contributed by atoms with van der Waals surface area (Å²) < 4.78 is 5.47. The minimum absolute atomic E-state index is 0.122. The molecule has 0 bridgehead atoms. The highest BCUT2D eigenvalue weighted by Crippen LogP contribution is 2.19. The highest BCUT2D eigenvalue weighted by molar-refractivity contribution is 5.78. The summed E-state index contributed by atoms with van der Waals surface area (Å²) in [5.74, 6) is 1.47. The molecule has 112 valence electrons. The molecule has 1 aromatic rings. The van der Waals surface area contributed by atoms with Crippen molar-refractivity contribution in [2.75, 3.05) is 20.6 Å². The fourth-order valence-electron chi connectivity index (χ4n) is 2.68. The first-order chi connectivity index (χ1) is 9.66. The predicted octanol–water partition coefficient (Wildman–Crippen LogP) is 2.12. The molecule has 5 nitrogen and oxygen atoms in total. The van der Waals surface area contributed by atoms with Gasteiger partial charge in [-0.3, -0.25) is 9.89 Å². The molecule has 0 spiro atoms. The Morgan fingerprint density at radius 1 is 1.45 bits per heavy atom. The van der Waals surface area contributed by atoms with Crippen molar-refractivity contribution in [1.29, 1.82) is 0 Å². The Morgan fingerprint density at radius 2 is 2.20 bits per heavy atom. The number of rotatable bonds is 5. The number of hydrogen-bond acceptors (Lipinski definition) is 3. The van der Waals surface area contributed by atoms with Crippen molar-refractivity contribution >= 4 is 5.96 Å². The SMILES string of the molecule is CN(C)C(CN=C(N)NC1CCCCC1)c1ccco1. The average molecular weight is 278 g/mol. The second-order valence-corrected chi connectivity index (χ2v) is 5.70. The van der Waals surface area contributed by atoms with Gasteiger partial charge in [0.2, 0.25) is 0 Å². The smallest absolute Gasteiger partial charge is 0.188 e. The molecule has 1 aliphatic rings. The highest BCUT2D eigenvalue weighted by Gasteiger charge is 2.17. The third-order valence-electron chi connectivity index (χ3n) is 3.89. The lowest BCUT2D eigenvalue weighted by Gasteiger charge is -2.24. The Bertz CT molecular complexity index is 408. The molecule has 0 amide bonds. The van der Waals surface area contributed by atoms with Crippen LogP contribution in [0.3, 0.4) is 0 Å². The number of hydrogen-bond donors (Lipinski definition) is 2. The number of nitrogens with zero attached hydrogens (tertiary/aromatic N) is 2. The van der Waals surface area contributed by atoms with Crippen molar-refractivity contribution < 1.29 is 4.42 Å². The van der Waals surface area contributed by atoms with Crippen molar-refractivity contribution in [1.82, 2.24) is 10.2 Å². The van der Waals surface area contributed by atoms with E-state index >= 15 is 0 Å². The van der Waals surface area contributed by atoms with E-state index in [0.717, 1.165) is 5.76 Å². The summed E-state index contributed by atoms with van der Waals surface area (Å²) >= 11 is 0. The molecule has 0 saturated heterocycles.